The third kappa shape index (κ3) is 4.80. The minimum absolute atomic E-state index is 0.112. The zero-order chi connectivity index (χ0) is 20.1. The van der Waals surface area contributed by atoms with Crippen molar-refractivity contribution in [3.8, 4) is 11.3 Å². The topological polar surface area (TPSA) is 58.1 Å². The molecule has 5 nitrogen and oxygen atoms in total. The van der Waals surface area contributed by atoms with Gasteiger partial charge in [-0.1, -0.05) is 42.7 Å². The van der Waals surface area contributed by atoms with Crippen molar-refractivity contribution in [2.24, 2.45) is 0 Å². The lowest BCUT2D eigenvalue weighted by Crippen LogP contribution is -2.25. The standard InChI is InChI=1S/C24H26N4O/c1-18-6-8-20(9-7-18)24(29)25-21-12-10-19(11-13-21)22-14-15-23(27-26-22)28-16-4-2-3-5-17-28/h6-15H,2-5,16-17H2,1H3,(H,25,29). The van der Waals surface area contributed by atoms with E-state index < -0.39 is 0 Å². The van der Waals surface area contributed by atoms with Crippen LogP contribution in [-0.2, 0) is 0 Å². The van der Waals surface area contributed by atoms with Gasteiger partial charge in [-0.05, 0) is 56.2 Å². The van der Waals surface area contributed by atoms with Gasteiger partial charge in [-0.15, -0.1) is 10.2 Å². The van der Waals surface area contributed by atoms with Crippen molar-refractivity contribution in [1.29, 1.82) is 0 Å². The number of rotatable bonds is 4. The van der Waals surface area contributed by atoms with E-state index >= 15 is 0 Å². The molecule has 1 aliphatic heterocycles. The smallest absolute Gasteiger partial charge is 0.255 e. The van der Waals surface area contributed by atoms with Crippen LogP contribution >= 0.6 is 0 Å². The molecule has 29 heavy (non-hydrogen) atoms. The van der Waals surface area contributed by atoms with E-state index in [9.17, 15) is 4.79 Å². The summed E-state index contributed by atoms with van der Waals surface area (Å²) in [6.45, 7) is 4.12. The summed E-state index contributed by atoms with van der Waals surface area (Å²) in [5, 5.41) is 11.8. The Labute approximate surface area is 171 Å². The number of carbonyl (C=O) groups is 1. The molecule has 2 heterocycles. The highest BCUT2D eigenvalue weighted by molar-refractivity contribution is 6.04. The maximum atomic E-state index is 12.4. The molecule has 5 heteroatoms. The van der Waals surface area contributed by atoms with Gasteiger partial charge >= 0.3 is 0 Å². The second-order valence-corrected chi connectivity index (χ2v) is 7.58. The summed E-state index contributed by atoms with van der Waals surface area (Å²) in [4.78, 5) is 14.7. The quantitative estimate of drug-likeness (QED) is 0.679. The largest absolute Gasteiger partial charge is 0.355 e. The molecule has 1 saturated heterocycles. The van der Waals surface area contributed by atoms with Crippen LogP contribution in [0.4, 0.5) is 11.5 Å². The molecule has 1 N–H and O–H groups in total. The van der Waals surface area contributed by atoms with Gasteiger partial charge in [-0.2, -0.15) is 0 Å². The van der Waals surface area contributed by atoms with Gasteiger partial charge in [0.2, 0.25) is 0 Å². The minimum Gasteiger partial charge on any atom is -0.355 e. The molecule has 0 radical (unpaired) electrons. The molecule has 1 fully saturated rings. The number of nitrogens with zero attached hydrogens (tertiary/aromatic N) is 3. The third-order valence-electron chi connectivity index (χ3n) is 5.33. The van der Waals surface area contributed by atoms with Gasteiger partial charge in [0.15, 0.2) is 5.82 Å². The fourth-order valence-electron chi connectivity index (χ4n) is 3.58. The second kappa shape index (κ2) is 8.86. The number of amides is 1. The molecule has 148 valence electrons. The minimum atomic E-state index is -0.112. The molecule has 2 aromatic carbocycles. The number of anilines is 2. The highest BCUT2D eigenvalue weighted by Gasteiger charge is 2.12. The Balaban J connectivity index is 1.42. The molecule has 0 spiro atoms. The summed E-state index contributed by atoms with van der Waals surface area (Å²) in [5.41, 5.74) is 4.35. The maximum Gasteiger partial charge on any atom is 0.255 e. The van der Waals surface area contributed by atoms with E-state index in [-0.39, 0.29) is 5.91 Å². The normalized spacial score (nSPS) is 14.3. The van der Waals surface area contributed by atoms with Crippen LogP contribution < -0.4 is 10.2 Å². The van der Waals surface area contributed by atoms with Gasteiger partial charge in [-0.3, -0.25) is 4.79 Å². The first-order valence-electron chi connectivity index (χ1n) is 10.3. The lowest BCUT2D eigenvalue weighted by atomic mass is 10.1. The van der Waals surface area contributed by atoms with Crippen LogP contribution in [0.1, 0.15) is 41.6 Å². The molecular formula is C24H26N4O. The summed E-state index contributed by atoms with van der Waals surface area (Å²) in [6.07, 6.45) is 5.04. The fraction of sp³-hybridized carbons (Fsp3) is 0.292. The van der Waals surface area contributed by atoms with Crippen LogP contribution in [0.2, 0.25) is 0 Å². The van der Waals surface area contributed by atoms with E-state index in [2.05, 4.69) is 26.5 Å². The Kier molecular flexibility index (Phi) is 5.84. The number of aryl methyl sites for hydroxylation is 1. The van der Waals surface area contributed by atoms with Crippen LogP contribution in [-0.4, -0.2) is 29.2 Å². The molecule has 0 bridgehead atoms. The monoisotopic (exact) mass is 386 g/mol. The van der Waals surface area contributed by atoms with Crippen molar-refractivity contribution >= 4 is 17.4 Å². The summed E-state index contributed by atoms with van der Waals surface area (Å²) < 4.78 is 0. The van der Waals surface area contributed by atoms with Gasteiger partial charge in [0.25, 0.3) is 5.91 Å². The van der Waals surface area contributed by atoms with Crippen molar-refractivity contribution in [2.75, 3.05) is 23.3 Å². The maximum absolute atomic E-state index is 12.4. The van der Waals surface area contributed by atoms with Crippen LogP contribution in [0, 0.1) is 6.92 Å². The van der Waals surface area contributed by atoms with Crippen molar-refractivity contribution in [3.05, 3.63) is 71.8 Å². The molecule has 4 rings (SSSR count). The second-order valence-electron chi connectivity index (χ2n) is 7.58. The van der Waals surface area contributed by atoms with E-state index in [1.165, 1.54) is 25.7 Å². The average Bonchev–Trinajstić information content (AvgIpc) is 3.04. The summed E-state index contributed by atoms with van der Waals surface area (Å²) in [5.74, 6) is 0.844. The molecule has 0 atom stereocenters. The Morgan fingerprint density at radius 3 is 2.14 bits per heavy atom. The summed E-state index contributed by atoms with van der Waals surface area (Å²) in [6, 6.07) is 19.3. The number of carbonyl (C=O) groups excluding carboxylic acids is 1. The van der Waals surface area contributed by atoms with Crippen molar-refractivity contribution in [1.82, 2.24) is 10.2 Å². The lowest BCUT2D eigenvalue weighted by Gasteiger charge is -2.20. The number of benzene rings is 2. The average molecular weight is 386 g/mol. The predicted molar refractivity (Wildman–Crippen MR) is 117 cm³/mol. The number of aromatic nitrogens is 2. The number of nitrogens with one attached hydrogen (secondary N) is 1. The lowest BCUT2D eigenvalue weighted by molar-refractivity contribution is 0.102. The van der Waals surface area contributed by atoms with Gasteiger partial charge < -0.3 is 10.2 Å². The zero-order valence-corrected chi connectivity index (χ0v) is 16.8. The molecule has 3 aromatic rings. The van der Waals surface area contributed by atoms with Gasteiger partial charge in [0.05, 0.1) is 5.69 Å². The Bertz CT molecular complexity index is 942. The molecule has 1 aromatic heterocycles. The SMILES string of the molecule is Cc1ccc(C(=O)Nc2ccc(-c3ccc(N4CCCCCC4)nn3)cc2)cc1. The molecule has 1 aliphatic rings. The van der Waals surface area contributed by atoms with Crippen LogP contribution in [0.15, 0.2) is 60.7 Å². The fourth-order valence-corrected chi connectivity index (χ4v) is 3.58. The van der Waals surface area contributed by atoms with E-state index in [0.29, 0.717) is 5.56 Å². The van der Waals surface area contributed by atoms with E-state index in [4.69, 9.17) is 0 Å². The van der Waals surface area contributed by atoms with E-state index in [1.807, 2.05) is 61.5 Å². The third-order valence-corrected chi connectivity index (χ3v) is 5.33. The number of hydrogen-bond acceptors (Lipinski definition) is 4. The highest BCUT2D eigenvalue weighted by Crippen LogP contribution is 2.22. The molecule has 0 unspecified atom stereocenters. The van der Waals surface area contributed by atoms with Crippen molar-refractivity contribution in [2.45, 2.75) is 32.6 Å². The Hall–Kier alpha value is -3.21. The Morgan fingerprint density at radius 1 is 0.828 bits per heavy atom. The van der Waals surface area contributed by atoms with Gasteiger partial charge in [0, 0.05) is 29.9 Å². The molecule has 0 aliphatic carbocycles. The van der Waals surface area contributed by atoms with Crippen LogP contribution in [0.25, 0.3) is 11.3 Å². The molecule has 1 amide bonds. The van der Waals surface area contributed by atoms with E-state index in [0.717, 1.165) is 41.4 Å². The molecular weight excluding hydrogens is 360 g/mol. The summed E-state index contributed by atoms with van der Waals surface area (Å²) in [7, 11) is 0. The first kappa shape index (κ1) is 19.1. The summed E-state index contributed by atoms with van der Waals surface area (Å²) >= 11 is 0. The van der Waals surface area contributed by atoms with Crippen LogP contribution in [0.3, 0.4) is 0 Å². The highest BCUT2D eigenvalue weighted by atomic mass is 16.1. The van der Waals surface area contributed by atoms with Gasteiger partial charge in [-0.25, -0.2) is 0 Å². The van der Waals surface area contributed by atoms with Gasteiger partial charge in [0.1, 0.15) is 0 Å². The molecule has 0 saturated carbocycles. The number of hydrogen-bond donors (Lipinski definition) is 1. The van der Waals surface area contributed by atoms with Crippen molar-refractivity contribution < 1.29 is 4.79 Å². The first-order valence-corrected chi connectivity index (χ1v) is 10.3. The van der Waals surface area contributed by atoms with Crippen molar-refractivity contribution in [3.63, 3.8) is 0 Å². The van der Waals surface area contributed by atoms with Crippen LogP contribution in [0.5, 0.6) is 0 Å². The Morgan fingerprint density at radius 2 is 1.52 bits per heavy atom. The zero-order valence-electron chi connectivity index (χ0n) is 16.8. The van der Waals surface area contributed by atoms with E-state index in [1.54, 1.807) is 0 Å². The first-order chi connectivity index (χ1) is 14.2. The predicted octanol–water partition coefficient (Wildman–Crippen LogP) is 5.08.